The van der Waals surface area contributed by atoms with Crippen LogP contribution in [0.3, 0.4) is 0 Å². The van der Waals surface area contributed by atoms with Crippen LogP contribution in [0.1, 0.15) is 0 Å². The van der Waals surface area contributed by atoms with Gasteiger partial charge in [-0.15, -0.1) is 0 Å². The minimum absolute atomic E-state index is 0.212. The highest BCUT2D eigenvalue weighted by atomic mass is 16.5. The largest absolute Gasteiger partial charge is 0.508 e. The van der Waals surface area contributed by atoms with Gasteiger partial charge in [-0.05, 0) is 42.5 Å². The molecule has 0 spiro atoms. The van der Waals surface area contributed by atoms with Gasteiger partial charge in [0.2, 0.25) is 0 Å². The van der Waals surface area contributed by atoms with Gasteiger partial charge in [0.1, 0.15) is 22.8 Å². The van der Waals surface area contributed by atoms with Crippen LogP contribution in [0.25, 0.3) is 22.3 Å². The SMILES string of the molecule is COc1ccc2oc(-c3ccccc3)cc(=Nc3ccc(O)cc3)c2c1. The summed E-state index contributed by atoms with van der Waals surface area (Å²) in [5, 5.41) is 11.1. The quantitative estimate of drug-likeness (QED) is 0.566. The summed E-state index contributed by atoms with van der Waals surface area (Å²) < 4.78 is 11.4. The van der Waals surface area contributed by atoms with Crippen molar-refractivity contribution in [2.24, 2.45) is 4.99 Å². The molecule has 0 unspecified atom stereocenters. The van der Waals surface area contributed by atoms with Gasteiger partial charge in [0.25, 0.3) is 0 Å². The van der Waals surface area contributed by atoms with Gasteiger partial charge in [-0.3, -0.25) is 0 Å². The van der Waals surface area contributed by atoms with Crippen molar-refractivity contribution < 1.29 is 14.3 Å². The van der Waals surface area contributed by atoms with Gasteiger partial charge in [-0.1, -0.05) is 30.3 Å². The summed E-state index contributed by atoms with van der Waals surface area (Å²) >= 11 is 0. The Labute approximate surface area is 150 Å². The maximum Gasteiger partial charge on any atom is 0.137 e. The van der Waals surface area contributed by atoms with E-state index in [-0.39, 0.29) is 5.75 Å². The fourth-order valence-corrected chi connectivity index (χ4v) is 2.78. The summed E-state index contributed by atoms with van der Waals surface area (Å²) in [6, 6.07) is 24.3. The van der Waals surface area contributed by atoms with Crippen LogP contribution in [0, 0.1) is 0 Å². The summed E-state index contributed by atoms with van der Waals surface area (Å²) in [7, 11) is 1.63. The number of methoxy groups -OCH3 is 1. The molecule has 0 aliphatic rings. The first kappa shape index (κ1) is 16.0. The third-order valence-electron chi connectivity index (χ3n) is 4.11. The molecular formula is C22H17NO3. The molecule has 0 atom stereocenters. The Kier molecular flexibility index (Phi) is 4.15. The maximum absolute atomic E-state index is 9.48. The Morgan fingerprint density at radius 2 is 1.65 bits per heavy atom. The van der Waals surface area contributed by atoms with Crippen molar-refractivity contribution in [1.29, 1.82) is 0 Å². The van der Waals surface area contributed by atoms with E-state index in [4.69, 9.17) is 14.1 Å². The van der Waals surface area contributed by atoms with E-state index < -0.39 is 0 Å². The number of phenols is 1. The van der Waals surface area contributed by atoms with Crippen LogP contribution >= 0.6 is 0 Å². The minimum Gasteiger partial charge on any atom is -0.508 e. The van der Waals surface area contributed by atoms with Crippen molar-refractivity contribution in [2.45, 2.75) is 0 Å². The van der Waals surface area contributed by atoms with Crippen LogP contribution in [0.4, 0.5) is 5.69 Å². The molecule has 1 heterocycles. The highest BCUT2D eigenvalue weighted by Gasteiger charge is 2.07. The van der Waals surface area contributed by atoms with Crippen LogP contribution in [0.5, 0.6) is 11.5 Å². The molecule has 0 radical (unpaired) electrons. The monoisotopic (exact) mass is 343 g/mol. The Morgan fingerprint density at radius 3 is 2.38 bits per heavy atom. The zero-order valence-corrected chi connectivity index (χ0v) is 14.2. The van der Waals surface area contributed by atoms with Crippen LogP contribution in [-0.4, -0.2) is 12.2 Å². The molecule has 4 aromatic rings. The number of benzene rings is 3. The van der Waals surface area contributed by atoms with Gasteiger partial charge < -0.3 is 14.3 Å². The molecule has 0 fully saturated rings. The number of fused-ring (bicyclic) bond motifs is 1. The normalized spacial score (nSPS) is 11.7. The number of hydrogen-bond acceptors (Lipinski definition) is 4. The predicted octanol–water partition coefficient (Wildman–Crippen LogP) is 5.05. The third-order valence-corrected chi connectivity index (χ3v) is 4.11. The van der Waals surface area contributed by atoms with E-state index in [0.717, 1.165) is 39.1 Å². The molecule has 0 aliphatic heterocycles. The van der Waals surface area contributed by atoms with Crippen molar-refractivity contribution in [3.05, 3.63) is 84.2 Å². The molecule has 0 aliphatic carbocycles. The molecule has 0 bridgehead atoms. The number of aromatic hydroxyl groups is 1. The lowest BCUT2D eigenvalue weighted by Crippen LogP contribution is -2.03. The lowest BCUT2D eigenvalue weighted by Gasteiger charge is -2.07. The fourth-order valence-electron chi connectivity index (χ4n) is 2.78. The number of ether oxygens (including phenoxy) is 1. The van der Waals surface area contributed by atoms with Gasteiger partial charge in [0.05, 0.1) is 18.2 Å². The second kappa shape index (κ2) is 6.76. The fraction of sp³-hybridized carbons (Fsp3) is 0.0455. The maximum atomic E-state index is 9.48. The zero-order chi connectivity index (χ0) is 17.9. The minimum atomic E-state index is 0.212. The standard InChI is InChI=1S/C22H17NO3/c1-25-18-11-12-21-19(13-18)20(23-16-7-9-17(24)10-8-16)14-22(26-21)15-5-3-2-4-6-15/h2-14,24H,1H3. The van der Waals surface area contributed by atoms with Crippen LogP contribution in [-0.2, 0) is 0 Å². The summed E-state index contributed by atoms with van der Waals surface area (Å²) in [6.07, 6.45) is 0. The first-order valence-electron chi connectivity index (χ1n) is 8.24. The van der Waals surface area contributed by atoms with Crippen molar-refractivity contribution in [3.63, 3.8) is 0 Å². The summed E-state index contributed by atoms with van der Waals surface area (Å²) in [6.45, 7) is 0. The number of nitrogens with zero attached hydrogens (tertiary/aromatic N) is 1. The van der Waals surface area contributed by atoms with E-state index in [9.17, 15) is 5.11 Å². The molecule has 4 nitrogen and oxygen atoms in total. The average molecular weight is 343 g/mol. The van der Waals surface area contributed by atoms with Gasteiger partial charge >= 0.3 is 0 Å². The van der Waals surface area contributed by atoms with Gasteiger partial charge in [-0.25, -0.2) is 4.99 Å². The predicted molar refractivity (Wildman–Crippen MR) is 102 cm³/mol. The Morgan fingerprint density at radius 1 is 0.885 bits per heavy atom. The Bertz CT molecular complexity index is 1110. The highest BCUT2D eigenvalue weighted by molar-refractivity contribution is 5.80. The number of rotatable bonds is 3. The van der Waals surface area contributed by atoms with E-state index in [0.29, 0.717) is 0 Å². The van der Waals surface area contributed by atoms with Crippen molar-refractivity contribution >= 4 is 16.7 Å². The first-order chi connectivity index (χ1) is 12.7. The van der Waals surface area contributed by atoms with E-state index >= 15 is 0 Å². The second-order valence-electron chi connectivity index (χ2n) is 5.85. The van der Waals surface area contributed by atoms with Crippen molar-refractivity contribution in [3.8, 4) is 22.8 Å². The molecule has 4 heteroatoms. The topological polar surface area (TPSA) is 55.0 Å². The molecule has 128 valence electrons. The summed E-state index contributed by atoms with van der Waals surface area (Å²) in [4.78, 5) is 4.75. The van der Waals surface area contributed by atoms with Gasteiger partial charge in [-0.2, -0.15) is 0 Å². The molecule has 26 heavy (non-hydrogen) atoms. The average Bonchev–Trinajstić information content (AvgIpc) is 2.70. The first-order valence-corrected chi connectivity index (χ1v) is 8.24. The highest BCUT2D eigenvalue weighted by Crippen LogP contribution is 2.25. The van der Waals surface area contributed by atoms with Gasteiger partial charge in [0.15, 0.2) is 0 Å². The molecule has 0 saturated heterocycles. The molecule has 0 saturated carbocycles. The molecule has 1 aromatic heterocycles. The van der Waals surface area contributed by atoms with Crippen LogP contribution in [0.2, 0.25) is 0 Å². The molecule has 4 rings (SSSR count). The Hall–Kier alpha value is -3.53. The second-order valence-corrected chi connectivity index (χ2v) is 5.85. The van der Waals surface area contributed by atoms with E-state index in [2.05, 4.69) is 0 Å². The molecule has 1 N–H and O–H groups in total. The van der Waals surface area contributed by atoms with E-state index in [1.165, 1.54) is 0 Å². The summed E-state index contributed by atoms with van der Waals surface area (Å²) in [5.74, 6) is 1.69. The Balaban J connectivity index is 1.99. The van der Waals surface area contributed by atoms with Crippen LogP contribution in [0.15, 0.2) is 88.3 Å². The van der Waals surface area contributed by atoms with E-state index in [1.54, 1.807) is 31.4 Å². The summed E-state index contributed by atoms with van der Waals surface area (Å²) in [5.41, 5.74) is 2.45. The smallest absolute Gasteiger partial charge is 0.137 e. The molecule has 3 aromatic carbocycles. The third kappa shape index (κ3) is 3.17. The molecular weight excluding hydrogens is 326 g/mol. The molecule has 0 amide bonds. The lowest BCUT2D eigenvalue weighted by molar-refractivity contribution is 0.415. The van der Waals surface area contributed by atoms with Gasteiger partial charge in [0, 0.05) is 17.0 Å². The van der Waals surface area contributed by atoms with Crippen molar-refractivity contribution in [1.82, 2.24) is 0 Å². The number of phenolic OH excluding ortho intramolecular Hbond substituents is 1. The zero-order valence-electron chi connectivity index (χ0n) is 14.2. The van der Waals surface area contributed by atoms with Crippen molar-refractivity contribution in [2.75, 3.05) is 7.11 Å². The van der Waals surface area contributed by atoms with E-state index in [1.807, 2.05) is 54.6 Å². The lowest BCUT2D eigenvalue weighted by atomic mass is 10.1. The van der Waals surface area contributed by atoms with Crippen LogP contribution < -0.4 is 10.1 Å². The number of hydrogen-bond donors (Lipinski definition) is 1.